The lowest BCUT2D eigenvalue weighted by Gasteiger charge is -2.03. The van der Waals surface area contributed by atoms with Crippen molar-refractivity contribution in [2.45, 2.75) is 25.9 Å². The van der Waals surface area contributed by atoms with Gasteiger partial charge in [-0.25, -0.2) is 4.68 Å². The third kappa shape index (κ3) is 2.04. The highest BCUT2D eigenvalue weighted by Crippen LogP contribution is 2.09. The first-order chi connectivity index (χ1) is 6.19. The summed E-state index contributed by atoms with van der Waals surface area (Å²) in [5.74, 6) is 0. The van der Waals surface area contributed by atoms with Crippen LogP contribution in [0.25, 0.3) is 0 Å². The quantitative estimate of drug-likeness (QED) is 0.739. The summed E-state index contributed by atoms with van der Waals surface area (Å²) in [5, 5.41) is 19.4. The Bertz CT molecular complexity index is 309. The van der Waals surface area contributed by atoms with Gasteiger partial charge in [-0.1, -0.05) is 5.21 Å². The number of hydrogen-bond donors (Lipinski definition) is 1. The van der Waals surface area contributed by atoms with E-state index in [1.165, 1.54) is 0 Å². The lowest BCUT2D eigenvalue weighted by atomic mass is 10.2. The maximum Gasteiger partial charge on any atom is 0.141 e. The van der Waals surface area contributed by atoms with Crippen LogP contribution in [0, 0.1) is 11.3 Å². The van der Waals surface area contributed by atoms with E-state index in [4.69, 9.17) is 5.26 Å². The molecule has 1 aromatic heterocycles. The fourth-order valence-corrected chi connectivity index (χ4v) is 0.954. The predicted octanol–water partition coefficient (Wildman–Crippen LogP) is 0.643. The average molecular weight is 179 g/mol. The Hall–Kier alpha value is -1.41. The van der Waals surface area contributed by atoms with Crippen LogP contribution in [0.15, 0.2) is 6.20 Å². The fraction of sp³-hybridized carbons (Fsp3) is 0.625. The van der Waals surface area contributed by atoms with Crippen LogP contribution in [-0.4, -0.2) is 22.0 Å². The summed E-state index contributed by atoms with van der Waals surface area (Å²) in [6, 6.07) is 2.00. The van der Waals surface area contributed by atoms with Gasteiger partial charge in [-0.15, -0.1) is 5.10 Å². The van der Waals surface area contributed by atoms with E-state index in [1.54, 1.807) is 17.9 Å². The minimum Gasteiger partial charge on any atom is -0.300 e. The van der Waals surface area contributed by atoms with Gasteiger partial charge in [0.25, 0.3) is 0 Å². The van der Waals surface area contributed by atoms with E-state index in [0.29, 0.717) is 5.69 Å². The van der Waals surface area contributed by atoms with Gasteiger partial charge < -0.3 is 0 Å². The van der Waals surface area contributed by atoms with Gasteiger partial charge in [-0.05, 0) is 20.9 Å². The van der Waals surface area contributed by atoms with Crippen molar-refractivity contribution in [3.8, 4) is 6.07 Å². The summed E-state index contributed by atoms with van der Waals surface area (Å²) in [6.45, 7) is 4.03. The van der Waals surface area contributed by atoms with E-state index in [2.05, 4.69) is 21.7 Å². The van der Waals surface area contributed by atoms with Crippen molar-refractivity contribution in [2.75, 3.05) is 7.05 Å². The number of nitrogens with zero attached hydrogens (tertiary/aromatic N) is 4. The van der Waals surface area contributed by atoms with Gasteiger partial charge in [0.15, 0.2) is 0 Å². The Morgan fingerprint density at radius 2 is 2.31 bits per heavy atom. The highest BCUT2D eigenvalue weighted by Gasteiger charge is 2.12. The third-order valence-electron chi connectivity index (χ3n) is 1.77. The molecule has 0 aliphatic carbocycles. The first kappa shape index (κ1) is 9.68. The number of aromatic nitrogens is 3. The molecule has 0 saturated carbocycles. The molecule has 0 aliphatic rings. The number of rotatable bonds is 3. The molecule has 5 nitrogen and oxygen atoms in total. The molecule has 0 fully saturated rings. The van der Waals surface area contributed by atoms with E-state index in [9.17, 15) is 0 Å². The van der Waals surface area contributed by atoms with Crippen molar-refractivity contribution in [3.05, 3.63) is 11.9 Å². The summed E-state index contributed by atoms with van der Waals surface area (Å²) in [6.07, 6.45) is 1.79. The molecule has 0 spiro atoms. The lowest BCUT2D eigenvalue weighted by molar-refractivity contribution is 0.514. The van der Waals surface area contributed by atoms with Crippen molar-refractivity contribution >= 4 is 0 Å². The van der Waals surface area contributed by atoms with E-state index >= 15 is 0 Å². The van der Waals surface area contributed by atoms with Crippen LogP contribution in [0.1, 0.15) is 31.6 Å². The topological polar surface area (TPSA) is 66.5 Å². The normalized spacial score (nSPS) is 12.8. The molecule has 5 heteroatoms. The number of nitrogens with one attached hydrogen (secondary N) is 1. The summed E-state index contributed by atoms with van der Waals surface area (Å²) < 4.78 is 1.73. The molecule has 1 rings (SSSR count). The minimum atomic E-state index is -0.368. The first-order valence-corrected chi connectivity index (χ1v) is 4.17. The second-order valence-corrected chi connectivity index (χ2v) is 3.07. The van der Waals surface area contributed by atoms with E-state index < -0.39 is 0 Å². The largest absolute Gasteiger partial charge is 0.300 e. The number of hydrogen-bond acceptors (Lipinski definition) is 4. The van der Waals surface area contributed by atoms with Gasteiger partial charge in [0.1, 0.15) is 11.7 Å². The molecular weight excluding hydrogens is 166 g/mol. The van der Waals surface area contributed by atoms with Crippen molar-refractivity contribution in [1.82, 2.24) is 20.3 Å². The SMILES string of the molecule is CNC(C#N)c1cn(C(C)C)nn1. The molecule has 0 bridgehead atoms. The van der Waals surface area contributed by atoms with Crippen LogP contribution in [-0.2, 0) is 0 Å². The first-order valence-electron chi connectivity index (χ1n) is 4.17. The van der Waals surface area contributed by atoms with Gasteiger partial charge in [0.05, 0.1) is 12.3 Å². The van der Waals surface area contributed by atoms with Crippen LogP contribution in [0.4, 0.5) is 0 Å². The minimum absolute atomic E-state index is 0.275. The molecule has 70 valence electrons. The maximum atomic E-state index is 8.74. The van der Waals surface area contributed by atoms with Gasteiger partial charge in [0, 0.05) is 6.04 Å². The molecular formula is C8H13N5. The van der Waals surface area contributed by atoms with Gasteiger partial charge in [0.2, 0.25) is 0 Å². The van der Waals surface area contributed by atoms with E-state index in [-0.39, 0.29) is 12.1 Å². The molecule has 0 amide bonds. The molecule has 0 aromatic carbocycles. The standard InChI is InChI=1S/C8H13N5/c1-6(2)13-5-8(11-12-13)7(4-9)10-3/h5-7,10H,1-3H3. The predicted molar refractivity (Wildman–Crippen MR) is 47.8 cm³/mol. The Labute approximate surface area is 77.4 Å². The van der Waals surface area contributed by atoms with Gasteiger partial charge in [-0.3, -0.25) is 5.32 Å². The third-order valence-corrected chi connectivity index (χ3v) is 1.77. The van der Waals surface area contributed by atoms with Crippen LogP contribution in [0.3, 0.4) is 0 Å². The zero-order valence-corrected chi connectivity index (χ0v) is 8.02. The van der Waals surface area contributed by atoms with Gasteiger partial charge >= 0.3 is 0 Å². The van der Waals surface area contributed by atoms with Crippen molar-refractivity contribution in [2.24, 2.45) is 0 Å². The Kier molecular flexibility index (Phi) is 2.98. The zero-order valence-electron chi connectivity index (χ0n) is 8.02. The molecule has 1 atom stereocenters. The molecule has 1 heterocycles. The summed E-state index contributed by atoms with van der Waals surface area (Å²) in [4.78, 5) is 0. The monoisotopic (exact) mass is 179 g/mol. The summed E-state index contributed by atoms with van der Waals surface area (Å²) in [7, 11) is 1.72. The smallest absolute Gasteiger partial charge is 0.141 e. The summed E-state index contributed by atoms with van der Waals surface area (Å²) in [5.41, 5.74) is 0.665. The highest BCUT2D eigenvalue weighted by atomic mass is 15.4. The molecule has 1 unspecified atom stereocenters. The lowest BCUT2D eigenvalue weighted by Crippen LogP contribution is -2.14. The van der Waals surface area contributed by atoms with Crippen molar-refractivity contribution < 1.29 is 0 Å². The Balaban J connectivity index is 2.85. The maximum absolute atomic E-state index is 8.74. The fourth-order valence-electron chi connectivity index (χ4n) is 0.954. The molecule has 1 N–H and O–H groups in total. The Morgan fingerprint density at radius 3 is 2.69 bits per heavy atom. The van der Waals surface area contributed by atoms with Crippen LogP contribution in [0.2, 0.25) is 0 Å². The molecule has 13 heavy (non-hydrogen) atoms. The van der Waals surface area contributed by atoms with Crippen LogP contribution >= 0.6 is 0 Å². The molecule has 1 aromatic rings. The molecule has 0 radical (unpaired) electrons. The second kappa shape index (κ2) is 4.01. The van der Waals surface area contributed by atoms with Crippen molar-refractivity contribution in [1.29, 1.82) is 5.26 Å². The number of nitriles is 1. The van der Waals surface area contributed by atoms with Gasteiger partial charge in [-0.2, -0.15) is 5.26 Å². The van der Waals surface area contributed by atoms with Crippen molar-refractivity contribution in [3.63, 3.8) is 0 Å². The Morgan fingerprint density at radius 1 is 1.62 bits per heavy atom. The van der Waals surface area contributed by atoms with E-state index in [0.717, 1.165) is 0 Å². The average Bonchev–Trinajstić information content (AvgIpc) is 2.56. The summed E-state index contributed by atoms with van der Waals surface area (Å²) >= 11 is 0. The zero-order chi connectivity index (χ0) is 9.84. The molecule has 0 saturated heterocycles. The van der Waals surface area contributed by atoms with E-state index in [1.807, 2.05) is 13.8 Å². The van der Waals surface area contributed by atoms with Crippen LogP contribution < -0.4 is 5.32 Å². The highest BCUT2D eigenvalue weighted by molar-refractivity contribution is 5.10. The van der Waals surface area contributed by atoms with Crippen LogP contribution in [0.5, 0.6) is 0 Å². The molecule has 0 aliphatic heterocycles. The second-order valence-electron chi connectivity index (χ2n) is 3.07.